The molecule has 0 fully saturated rings. The molecule has 0 amide bonds. The molecule has 0 spiro atoms. The van der Waals surface area contributed by atoms with Crippen LogP contribution in [-0.2, 0) is 13.8 Å². The highest BCUT2D eigenvalue weighted by atomic mass is 31.1. The Morgan fingerprint density at radius 3 is 2.14 bits per heavy atom. The van der Waals surface area contributed by atoms with Gasteiger partial charge in [-0.3, -0.25) is 0 Å². The number of ether oxygens (including phenoxy) is 1. The summed E-state index contributed by atoms with van der Waals surface area (Å²) in [6.07, 6.45) is 11.2. The fourth-order valence-electron chi connectivity index (χ4n) is 1.85. The summed E-state index contributed by atoms with van der Waals surface area (Å²) in [4.78, 5) is 0. The van der Waals surface area contributed by atoms with Gasteiger partial charge < -0.3 is 4.74 Å². The maximum absolute atomic E-state index is 11.2. The molecule has 22 heavy (non-hydrogen) atoms. The normalized spacial score (nSPS) is 13.2. The number of hydrogen-bond donors (Lipinski definition) is 0. The maximum Gasteiger partial charge on any atom is 0.537 e. The molecule has 0 radical (unpaired) electrons. The van der Waals surface area contributed by atoms with Gasteiger partial charge >= 0.3 is 8.03 Å². The predicted octanol–water partition coefficient (Wildman–Crippen LogP) is 6.16. The third-order valence-corrected chi connectivity index (χ3v) is 4.08. The van der Waals surface area contributed by atoms with Gasteiger partial charge in [-0.2, -0.15) is 0 Å². The Balaban J connectivity index is 3.82. The van der Waals surface area contributed by atoms with Crippen molar-refractivity contribution >= 4 is 8.03 Å². The molecule has 0 heterocycles. The van der Waals surface area contributed by atoms with Gasteiger partial charge in [0.25, 0.3) is 6.35 Å². The van der Waals surface area contributed by atoms with E-state index in [1.807, 2.05) is 6.92 Å². The Labute approximate surface area is 137 Å². The topological polar surface area (TPSA) is 35.5 Å². The zero-order valence-electron chi connectivity index (χ0n) is 14.9. The summed E-state index contributed by atoms with van der Waals surface area (Å²) in [5.41, 5.74) is 4.15. The maximum atomic E-state index is 11.2. The molecule has 0 aliphatic heterocycles. The fraction of sp³-hybridized carbons (Fsp3) is 0.667. The van der Waals surface area contributed by atoms with E-state index in [1.165, 1.54) is 16.7 Å². The molecule has 0 aliphatic rings. The summed E-state index contributed by atoms with van der Waals surface area (Å²) in [5.74, 6) is 0. The Morgan fingerprint density at radius 1 is 0.955 bits per heavy atom. The average molecular weight is 327 g/mol. The standard InChI is InChI=1S/C18H32O3P/c1-6-21-22(19)15-20-14-13-18(5)12-8-11-17(4)10-7-9-16(2)3/h9,11,13H,6-8,10,12,14-15H2,1-5H3/q+1/b17-11+,18-13+. The third-order valence-electron chi connectivity index (χ3n) is 3.14. The molecule has 4 heteroatoms. The molecule has 3 nitrogen and oxygen atoms in total. The molecule has 126 valence electrons. The summed E-state index contributed by atoms with van der Waals surface area (Å²) >= 11 is 0. The van der Waals surface area contributed by atoms with E-state index in [0.29, 0.717) is 13.2 Å². The first-order chi connectivity index (χ1) is 10.5. The predicted molar refractivity (Wildman–Crippen MR) is 95.5 cm³/mol. The molecule has 0 saturated heterocycles. The Morgan fingerprint density at radius 2 is 1.55 bits per heavy atom. The lowest BCUT2D eigenvalue weighted by molar-refractivity contribution is 0.195. The van der Waals surface area contributed by atoms with Crippen LogP contribution >= 0.6 is 8.03 Å². The van der Waals surface area contributed by atoms with Crippen LogP contribution < -0.4 is 0 Å². The van der Waals surface area contributed by atoms with Crippen LogP contribution in [0.1, 0.15) is 60.3 Å². The van der Waals surface area contributed by atoms with Crippen molar-refractivity contribution in [2.45, 2.75) is 60.3 Å². The van der Waals surface area contributed by atoms with Gasteiger partial charge in [-0.15, -0.1) is 4.52 Å². The van der Waals surface area contributed by atoms with Gasteiger partial charge in [0.2, 0.25) is 0 Å². The van der Waals surface area contributed by atoms with Crippen LogP contribution in [0.3, 0.4) is 0 Å². The fourth-order valence-corrected chi connectivity index (χ4v) is 2.47. The first-order valence-electron chi connectivity index (χ1n) is 8.05. The lowest BCUT2D eigenvalue weighted by Crippen LogP contribution is -1.93. The highest BCUT2D eigenvalue weighted by Crippen LogP contribution is 2.21. The summed E-state index contributed by atoms with van der Waals surface area (Å²) in [5, 5.41) is 0. The van der Waals surface area contributed by atoms with Crippen molar-refractivity contribution in [3.63, 3.8) is 0 Å². The lowest BCUT2D eigenvalue weighted by atomic mass is 10.1. The number of hydrogen-bond acceptors (Lipinski definition) is 3. The van der Waals surface area contributed by atoms with Gasteiger partial charge in [-0.05, 0) is 64.9 Å². The number of allylic oxidation sites excluding steroid dienone is 5. The molecule has 0 aromatic carbocycles. The second-order valence-corrected chi connectivity index (χ2v) is 6.89. The van der Waals surface area contributed by atoms with Gasteiger partial charge in [0, 0.05) is 0 Å². The number of rotatable bonds is 12. The minimum absolute atomic E-state index is 0.177. The van der Waals surface area contributed by atoms with E-state index < -0.39 is 8.03 Å². The van der Waals surface area contributed by atoms with E-state index in [2.05, 4.69) is 45.9 Å². The monoisotopic (exact) mass is 327 g/mol. The molecule has 0 bridgehead atoms. The molecule has 1 atom stereocenters. The van der Waals surface area contributed by atoms with Crippen LogP contribution in [0.4, 0.5) is 0 Å². The first kappa shape index (κ1) is 21.2. The second kappa shape index (κ2) is 13.9. The van der Waals surface area contributed by atoms with Gasteiger partial charge in [-0.1, -0.05) is 34.9 Å². The van der Waals surface area contributed by atoms with Gasteiger partial charge in [-0.25, -0.2) is 0 Å². The zero-order valence-corrected chi connectivity index (χ0v) is 15.7. The third kappa shape index (κ3) is 14.2. The minimum atomic E-state index is -1.66. The van der Waals surface area contributed by atoms with Crippen molar-refractivity contribution in [2.24, 2.45) is 0 Å². The molecule has 0 rings (SSSR count). The minimum Gasteiger partial charge on any atom is -0.331 e. The summed E-state index contributed by atoms with van der Waals surface area (Å²) in [7, 11) is -1.66. The van der Waals surface area contributed by atoms with Crippen molar-refractivity contribution < 1.29 is 13.8 Å². The van der Waals surface area contributed by atoms with Crippen LogP contribution in [0.25, 0.3) is 0 Å². The molecule has 0 aliphatic carbocycles. The van der Waals surface area contributed by atoms with Crippen molar-refractivity contribution in [2.75, 3.05) is 19.6 Å². The summed E-state index contributed by atoms with van der Waals surface area (Å²) in [6.45, 7) is 11.4. The van der Waals surface area contributed by atoms with Crippen molar-refractivity contribution in [3.8, 4) is 0 Å². The van der Waals surface area contributed by atoms with Gasteiger partial charge in [0.1, 0.15) is 0 Å². The molecule has 0 aromatic rings. The quantitative estimate of drug-likeness (QED) is 0.245. The van der Waals surface area contributed by atoms with E-state index in [-0.39, 0.29) is 6.35 Å². The lowest BCUT2D eigenvalue weighted by Gasteiger charge is -2.01. The van der Waals surface area contributed by atoms with E-state index >= 15 is 0 Å². The van der Waals surface area contributed by atoms with Crippen molar-refractivity contribution in [3.05, 3.63) is 34.9 Å². The van der Waals surface area contributed by atoms with Gasteiger partial charge in [0.05, 0.1) is 13.2 Å². The van der Waals surface area contributed by atoms with Crippen LogP contribution in [-0.4, -0.2) is 19.6 Å². The molecular weight excluding hydrogens is 295 g/mol. The van der Waals surface area contributed by atoms with E-state index in [9.17, 15) is 4.57 Å². The van der Waals surface area contributed by atoms with Crippen molar-refractivity contribution in [1.82, 2.24) is 0 Å². The second-order valence-electron chi connectivity index (χ2n) is 5.71. The highest BCUT2D eigenvalue weighted by Gasteiger charge is 2.14. The van der Waals surface area contributed by atoms with Crippen molar-refractivity contribution in [1.29, 1.82) is 0 Å². The molecule has 0 N–H and O–H groups in total. The molecule has 1 unspecified atom stereocenters. The average Bonchev–Trinajstić information content (AvgIpc) is 2.43. The van der Waals surface area contributed by atoms with E-state index in [0.717, 1.165) is 25.7 Å². The zero-order chi connectivity index (χ0) is 16.8. The summed E-state index contributed by atoms with van der Waals surface area (Å²) < 4.78 is 21.5. The highest BCUT2D eigenvalue weighted by molar-refractivity contribution is 7.38. The molecule has 0 aromatic heterocycles. The Kier molecular flexibility index (Phi) is 13.4. The van der Waals surface area contributed by atoms with Crippen LogP contribution in [0, 0.1) is 0 Å². The van der Waals surface area contributed by atoms with Gasteiger partial charge in [0.15, 0.2) is 0 Å². The van der Waals surface area contributed by atoms with Crippen LogP contribution in [0.2, 0.25) is 0 Å². The SMILES string of the molecule is CCO[P+](=O)COC/C=C(\C)CC/C=C(\C)CCC=C(C)C. The Hall–Kier alpha value is -0.760. The summed E-state index contributed by atoms with van der Waals surface area (Å²) in [6, 6.07) is 0. The molecule has 0 saturated carbocycles. The first-order valence-corrected chi connectivity index (χ1v) is 9.42. The van der Waals surface area contributed by atoms with E-state index in [4.69, 9.17) is 9.26 Å². The van der Waals surface area contributed by atoms with E-state index in [1.54, 1.807) is 0 Å². The van der Waals surface area contributed by atoms with Crippen LogP contribution in [0.5, 0.6) is 0 Å². The largest absolute Gasteiger partial charge is 0.537 e. The van der Waals surface area contributed by atoms with Crippen LogP contribution in [0.15, 0.2) is 34.9 Å². The Bertz CT molecular complexity index is 405. The molecular formula is C18H32O3P+. The smallest absolute Gasteiger partial charge is 0.331 e.